The average molecular weight is 193 g/mol. The fourth-order valence-corrected chi connectivity index (χ4v) is 2.48. The molecule has 1 saturated carbocycles. The number of hydrogen-bond donors (Lipinski definition) is 1. The summed E-state index contributed by atoms with van der Waals surface area (Å²) in [6.45, 7) is 4.34. The molecule has 14 heavy (non-hydrogen) atoms. The molecule has 1 fully saturated rings. The Labute approximate surface area is 85.3 Å². The summed E-state index contributed by atoms with van der Waals surface area (Å²) in [5.74, 6) is 0.765. The average Bonchev–Trinajstić information content (AvgIpc) is 2.70. The van der Waals surface area contributed by atoms with Crippen LogP contribution in [0.2, 0.25) is 0 Å². The van der Waals surface area contributed by atoms with Crippen molar-refractivity contribution in [3.8, 4) is 0 Å². The van der Waals surface area contributed by atoms with Gasteiger partial charge in [-0.15, -0.1) is 0 Å². The molecule has 0 aromatic carbocycles. The second kappa shape index (κ2) is 3.73. The third-order valence-corrected chi connectivity index (χ3v) is 3.34. The molecule has 1 aromatic heterocycles. The van der Waals surface area contributed by atoms with Crippen molar-refractivity contribution in [1.29, 1.82) is 0 Å². The van der Waals surface area contributed by atoms with Crippen LogP contribution in [0.4, 0.5) is 0 Å². The van der Waals surface area contributed by atoms with Crippen molar-refractivity contribution in [1.82, 2.24) is 9.55 Å². The minimum absolute atomic E-state index is 0.0882. The Hall–Kier alpha value is -0.830. The minimum Gasteiger partial charge on any atom is -0.330 e. The van der Waals surface area contributed by atoms with E-state index in [-0.39, 0.29) is 6.04 Å². The molecule has 0 saturated heterocycles. The normalized spacial score (nSPS) is 29.4. The lowest BCUT2D eigenvalue weighted by molar-refractivity contribution is 0.392. The molecule has 0 amide bonds. The van der Waals surface area contributed by atoms with Gasteiger partial charge >= 0.3 is 0 Å². The van der Waals surface area contributed by atoms with E-state index < -0.39 is 0 Å². The van der Waals surface area contributed by atoms with Crippen molar-refractivity contribution in [2.45, 2.75) is 45.2 Å². The van der Waals surface area contributed by atoms with E-state index in [1.807, 2.05) is 19.4 Å². The van der Waals surface area contributed by atoms with E-state index >= 15 is 0 Å². The molecule has 1 aromatic rings. The third kappa shape index (κ3) is 1.57. The number of nitrogens with two attached hydrogens (primary N) is 1. The Kier molecular flexibility index (Phi) is 2.59. The number of imidazole rings is 1. The van der Waals surface area contributed by atoms with Crippen LogP contribution in [0.5, 0.6) is 0 Å². The van der Waals surface area contributed by atoms with Crippen LogP contribution in [0.15, 0.2) is 12.5 Å². The Bertz CT molecular complexity index is 303. The van der Waals surface area contributed by atoms with E-state index in [4.69, 9.17) is 5.73 Å². The highest BCUT2D eigenvalue weighted by Crippen LogP contribution is 2.36. The van der Waals surface area contributed by atoms with Crippen LogP contribution in [0.25, 0.3) is 0 Å². The zero-order valence-electron chi connectivity index (χ0n) is 8.98. The maximum atomic E-state index is 5.91. The van der Waals surface area contributed by atoms with Gasteiger partial charge in [0.05, 0.1) is 12.0 Å². The molecule has 0 aliphatic heterocycles. The predicted octanol–water partition coefficient (Wildman–Crippen LogP) is 2.26. The van der Waals surface area contributed by atoms with Crippen LogP contribution >= 0.6 is 0 Å². The maximum absolute atomic E-state index is 5.91. The van der Waals surface area contributed by atoms with E-state index in [1.54, 1.807) is 0 Å². The molecule has 0 spiro atoms. The van der Waals surface area contributed by atoms with Gasteiger partial charge in [0.1, 0.15) is 0 Å². The largest absolute Gasteiger partial charge is 0.330 e. The molecule has 0 bridgehead atoms. The smallest absolute Gasteiger partial charge is 0.0951 e. The van der Waals surface area contributed by atoms with Crippen LogP contribution < -0.4 is 5.73 Å². The van der Waals surface area contributed by atoms with Gasteiger partial charge in [-0.25, -0.2) is 4.98 Å². The van der Waals surface area contributed by atoms with Gasteiger partial charge in [0.2, 0.25) is 0 Å². The van der Waals surface area contributed by atoms with Crippen molar-refractivity contribution >= 4 is 0 Å². The summed E-state index contributed by atoms with van der Waals surface area (Å²) in [5, 5.41) is 0. The summed E-state index contributed by atoms with van der Waals surface area (Å²) < 4.78 is 2.28. The quantitative estimate of drug-likeness (QED) is 0.783. The molecular formula is C11H19N3. The van der Waals surface area contributed by atoms with E-state index in [2.05, 4.69) is 16.5 Å². The first kappa shape index (κ1) is 9.71. The molecule has 3 atom stereocenters. The zero-order chi connectivity index (χ0) is 10.1. The predicted molar refractivity (Wildman–Crippen MR) is 56.9 cm³/mol. The SMILES string of the molecule is CC1CCCC1n1cncc1[C@@H](C)N. The highest BCUT2D eigenvalue weighted by Gasteiger charge is 2.26. The highest BCUT2D eigenvalue weighted by atomic mass is 15.1. The summed E-state index contributed by atoms with van der Waals surface area (Å²) in [6, 6.07) is 0.712. The first-order valence-electron chi connectivity index (χ1n) is 5.47. The van der Waals surface area contributed by atoms with Crippen LogP contribution in [0, 0.1) is 5.92 Å². The van der Waals surface area contributed by atoms with E-state index in [9.17, 15) is 0 Å². The third-order valence-electron chi connectivity index (χ3n) is 3.34. The molecule has 78 valence electrons. The molecule has 1 aliphatic rings. The molecule has 3 nitrogen and oxygen atoms in total. The van der Waals surface area contributed by atoms with Crippen LogP contribution in [-0.2, 0) is 0 Å². The van der Waals surface area contributed by atoms with Crippen molar-refractivity contribution < 1.29 is 0 Å². The van der Waals surface area contributed by atoms with Gasteiger partial charge in [-0.3, -0.25) is 0 Å². The Morgan fingerprint density at radius 1 is 1.57 bits per heavy atom. The lowest BCUT2D eigenvalue weighted by Crippen LogP contribution is -2.17. The van der Waals surface area contributed by atoms with Crippen molar-refractivity contribution in [2.75, 3.05) is 0 Å². The van der Waals surface area contributed by atoms with Crippen LogP contribution in [0.1, 0.15) is 50.9 Å². The Morgan fingerprint density at radius 3 is 2.93 bits per heavy atom. The Morgan fingerprint density at radius 2 is 2.36 bits per heavy atom. The van der Waals surface area contributed by atoms with Crippen LogP contribution in [-0.4, -0.2) is 9.55 Å². The molecule has 1 aliphatic carbocycles. The number of hydrogen-bond acceptors (Lipinski definition) is 2. The number of nitrogens with zero attached hydrogens (tertiary/aromatic N) is 2. The van der Waals surface area contributed by atoms with Crippen LogP contribution in [0.3, 0.4) is 0 Å². The minimum atomic E-state index is 0.0882. The van der Waals surface area contributed by atoms with Crippen molar-refractivity contribution in [2.24, 2.45) is 11.7 Å². The summed E-state index contributed by atoms with van der Waals surface area (Å²) in [6.07, 6.45) is 7.78. The van der Waals surface area contributed by atoms with E-state index in [1.165, 1.54) is 25.0 Å². The van der Waals surface area contributed by atoms with Gasteiger partial charge in [-0.05, 0) is 25.7 Å². The molecule has 2 unspecified atom stereocenters. The lowest BCUT2D eigenvalue weighted by atomic mass is 10.1. The Balaban J connectivity index is 2.26. The molecule has 1 heterocycles. The summed E-state index contributed by atoms with van der Waals surface area (Å²) in [4.78, 5) is 4.21. The van der Waals surface area contributed by atoms with Gasteiger partial charge in [0, 0.05) is 18.3 Å². The molecular weight excluding hydrogens is 174 g/mol. The topological polar surface area (TPSA) is 43.8 Å². The lowest BCUT2D eigenvalue weighted by Gasteiger charge is -2.21. The summed E-state index contributed by atoms with van der Waals surface area (Å²) >= 11 is 0. The maximum Gasteiger partial charge on any atom is 0.0951 e. The number of rotatable bonds is 2. The molecule has 3 heteroatoms. The standard InChI is InChI=1S/C11H19N3/c1-8-4-3-5-10(8)14-7-13-6-11(14)9(2)12/h6-10H,3-5,12H2,1-2H3/t8?,9-,10?/m1/s1. The summed E-state index contributed by atoms with van der Waals surface area (Å²) in [5.41, 5.74) is 7.08. The van der Waals surface area contributed by atoms with Gasteiger partial charge in [0.15, 0.2) is 0 Å². The van der Waals surface area contributed by atoms with Gasteiger partial charge in [0.25, 0.3) is 0 Å². The zero-order valence-corrected chi connectivity index (χ0v) is 8.98. The first-order chi connectivity index (χ1) is 6.70. The molecule has 2 rings (SSSR count). The second-order valence-corrected chi connectivity index (χ2v) is 4.49. The second-order valence-electron chi connectivity index (χ2n) is 4.49. The van der Waals surface area contributed by atoms with Gasteiger partial charge in [-0.1, -0.05) is 13.3 Å². The van der Waals surface area contributed by atoms with Crippen molar-refractivity contribution in [3.63, 3.8) is 0 Å². The van der Waals surface area contributed by atoms with Crippen molar-refractivity contribution in [3.05, 3.63) is 18.2 Å². The van der Waals surface area contributed by atoms with E-state index in [0.717, 1.165) is 5.92 Å². The van der Waals surface area contributed by atoms with Gasteiger partial charge < -0.3 is 10.3 Å². The van der Waals surface area contributed by atoms with E-state index in [0.29, 0.717) is 6.04 Å². The monoisotopic (exact) mass is 193 g/mol. The molecule has 0 radical (unpaired) electrons. The summed E-state index contributed by atoms with van der Waals surface area (Å²) in [7, 11) is 0. The first-order valence-corrected chi connectivity index (χ1v) is 5.47. The fourth-order valence-electron chi connectivity index (χ4n) is 2.48. The highest BCUT2D eigenvalue weighted by molar-refractivity contribution is 5.06. The number of aromatic nitrogens is 2. The fraction of sp³-hybridized carbons (Fsp3) is 0.727. The molecule has 2 N–H and O–H groups in total. The van der Waals surface area contributed by atoms with Gasteiger partial charge in [-0.2, -0.15) is 0 Å².